The minimum atomic E-state index is -0.143. The van der Waals surface area contributed by atoms with Crippen molar-refractivity contribution in [2.75, 3.05) is 38.1 Å². The highest BCUT2D eigenvalue weighted by molar-refractivity contribution is 5.94. The zero-order valence-corrected chi connectivity index (χ0v) is 16.2. The number of nitrogens with zero attached hydrogens (tertiary/aromatic N) is 2. The predicted octanol–water partition coefficient (Wildman–Crippen LogP) is 3.23. The second kappa shape index (κ2) is 9.53. The SMILES string of the molecule is CCOc1ccc(NC(=O)[C@H](C)N2CCN(Cc3ccccc3)CC2)cc1. The van der Waals surface area contributed by atoms with E-state index in [0.29, 0.717) is 6.61 Å². The van der Waals surface area contributed by atoms with Crippen LogP contribution in [0.4, 0.5) is 5.69 Å². The molecule has 2 aromatic carbocycles. The van der Waals surface area contributed by atoms with E-state index in [1.165, 1.54) is 5.56 Å². The molecule has 1 heterocycles. The number of nitrogens with one attached hydrogen (secondary N) is 1. The normalized spacial score (nSPS) is 16.7. The molecule has 5 heteroatoms. The van der Waals surface area contributed by atoms with E-state index in [4.69, 9.17) is 4.74 Å². The molecular weight excluding hydrogens is 338 g/mol. The molecule has 5 nitrogen and oxygen atoms in total. The van der Waals surface area contributed by atoms with Crippen molar-refractivity contribution in [1.29, 1.82) is 0 Å². The van der Waals surface area contributed by atoms with Gasteiger partial charge in [0, 0.05) is 38.4 Å². The number of carbonyl (C=O) groups is 1. The molecule has 0 bridgehead atoms. The van der Waals surface area contributed by atoms with Crippen LogP contribution in [0.3, 0.4) is 0 Å². The van der Waals surface area contributed by atoms with Crippen molar-refractivity contribution in [2.24, 2.45) is 0 Å². The standard InChI is InChI=1S/C22H29N3O2/c1-3-27-21-11-9-20(10-12-21)23-22(26)18(2)25-15-13-24(14-16-25)17-19-7-5-4-6-8-19/h4-12,18H,3,13-17H2,1-2H3,(H,23,26)/t18-/m0/s1. The van der Waals surface area contributed by atoms with Gasteiger partial charge in [-0.1, -0.05) is 30.3 Å². The first-order chi connectivity index (χ1) is 13.2. The summed E-state index contributed by atoms with van der Waals surface area (Å²) in [5.41, 5.74) is 2.14. The molecule has 1 amide bonds. The molecule has 0 unspecified atom stereocenters. The number of piperazine rings is 1. The Balaban J connectivity index is 1.46. The minimum Gasteiger partial charge on any atom is -0.494 e. The van der Waals surface area contributed by atoms with Crippen LogP contribution in [0, 0.1) is 0 Å². The summed E-state index contributed by atoms with van der Waals surface area (Å²) in [6.07, 6.45) is 0. The molecule has 27 heavy (non-hydrogen) atoms. The van der Waals surface area contributed by atoms with Gasteiger partial charge in [0.15, 0.2) is 0 Å². The van der Waals surface area contributed by atoms with E-state index in [-0.39, 0.29) is 11.9 Å². The van der Waals surface area contributed by atoms with E-state index in [0.717, 1.165) is 44.2 Å². The van der Waals surface area contributed by atoms with Crippen LogP contribution in [0.5, 0.6) is 5.75 Å². The first-order valence-corrected chi connectivity index (χ1v) is 9.69. The molecule has 144 valence electrons. The zero-order chi connectivity index (χ0) is 19.1. The highest BCUT2D eigenvalue weighted by Gasteiger charge is 2.25. The minimum absolute atomic E-state index is 0.0377. The van der Waals surface area contributed by atoms with Gasteiger partial charge in [0.2, 0.25) is 5.91 Å². The molecule has 1 aliphatic heterocycles. The van der Waals surface area contributed by atoms with Gasteiger partial charge in [-0.3, -0.25) is 14.6 Å². The molecule has 1 atom stereocenters. The molecule has 1 saturated heterocycles. The van der Waals surface area contributed by atoms with Gasteiger partial charge < -0.3 is 10.1 Å². The summed E-state index contributed by atoms with van der Waals surface area (Å²) >= 11 is 0. The van der Waals surface area contributed by atoms with Crippen LogP contribution in [-0.2, 0) is 11.3 Å². The van der Waals surface area contributed by atoms with Gasteiger partial charge in [0.05, 0.1) is 12.6 Å². The summed E-state index contributed by atoms with van der Waals surface area (Å²) in [7, 11) is 0. The van der Waals surface area contributed by atoms with Crippen LogP contribution in [0.2, 0.25) is 0 Å². The molecule has 1 aliphatic rings. The lowest BCUT2D eigenvalue weighted by Gasteiger charge is -2.37. The Hall–Kier alpha value is -2.37. The fourth-order valence-corrected chi connectivity index (χ4v) is 3.36. The van der Waals surface area contributed by atoms with Gasteiger partial charge in [-0.2, -0.15) is 0 Å². The summed E-state index contributed by atoms with van der Waals surface area (Å²) in [6, 6.07) is 17.9. The smallest absolute Gasteiger partial charge is 0.241 e. The van der Waals surface area contributed by atoms with Gasteiger partial charge >= 0.3 is 0 Å². The van der Waals surface area contributed by atoms with Gasteiger partial charge in [-0.25, -0.2) is 0 Å². The second-order valence-corrected chi connectivity index (χ2v) is 6.92. The first-order valence-electron chi connectivity index (χ1n) is 9.69. The molecule has 0 aliphatic carbocycles. The molecular formula is C22H29N3O2. The Labute approximate surface area is 161 Å². The van der Waals surface area contributed by atoms with E-state index < -0.39 is 0 Å². The van der Waals surface area contributed by atoms with E-state index in [2.05, 4.69) is 39.4 Å². The van der Waals surface area contributed by atoms with Crippen LogP contribution in [0.25, 0.3) is 0 Å². The summed E-state index contributed by atoms with van der Waals surface area (Å²) < 4.78 is 5.44. The zero-order valence-electron chi connectivity index (χ0n) is 16.2. The number of ether oxygens (including phenoxy) is 1. The van der Waals surface area contributed by atoms with Gasteiger partial charge in [-0.15, -0.1) is 0 Å². The van der Waals surface area contributed by atoms with E-state index in [9.17, 15) is 4.79 Å². The molecule has 3 rings (SSSR count). The van der Waals surface area contributed by atoms with E-state index in [1.807, 2.05) is 44.2 Å². The molecule has 1 fully saturated rings. The van der Waals surface area contributed by atoms with Gasteiger partial charge in [0.1, 0.15) is 5.75 Å². The van der Waals surface area contributed by atoms with Gasteiger partial charge in [-0.05, 0) is 43.7 Å². The Morgan fingerprint density at radius 1 is 1.04 bits per heavy atom. The number of anilines is 1. The van der Waals surface area contributed by atoms with Crippen molar-refractivity contribution in [2.45, 2.75) is 26.4 Å². The van der Waals surface area contributed by atoms with Crippen LogP contribution in [-0.4, -0.2) is 54.5 Å². The lowest BCUT2D eigenvalue weighted by molar-refractivity contribution is -0.121. The Kier molecular flexibility index (Phi) is 6.85. The fourth-order valence-electron chi connectivity index (χ4n) is 3.36. The molecule has 1 N–H and O–H groups in total. The second-order valence-electron chi connectivity index (χ2n) is 6.92. The summed E-state index contributed by atoms with van der Waals surface area (Å²) in [5.74, 6) is 0.855. The quantitative estimate of drug-likeness (QED) is 0.816. The monoisotopic (exact) mass is 367 g/mol. The fraction of sp³-hybridized carbons (Fsp3) is 0.409. The molecule has 0 radical (unpaired) electrons. The average Bonchev–Trinajstić information content (AvgIpc) is 2.70. The van der Waals surface area contributed by atoms with E-state index in [1.54, 1.807) is 0 Å². The van der Waals surface area contributed by atoms with Gasteiger partial charge in [0.25, 0.3) is 0 Å². The van der Waals surface area contributed by atoms with E-state index >= 15 is 0 Å². The third-order valence-corrected chi connectivity index (χ3v) is 5.02. The van der Waals surface area contributed by atoms with Crippen molar-refractivity contribution < 1.29 is 9.53 Å². The number of amides is 1. The molecule has 0 aromatic heterocycles. The third-order valence-electron chi connectivity index (χ3n) is 5.02. The summed E-state index contributed by atoms with van der Waals surface area (Å²) in [5, 5.41) is 3.01. The average molecular weight is 367 g/mol. The van der Waals surface area contributed by atoms with Crippen molar-refractivity contribution in [1.82, 2.24) is 9.80 Å². The Morgan fingerprint density at radius 3 is 2.33 bits per heavy atom. The van der Waals surface area contributed by atoms with Crippen LogP contribution in [0.15, 0.2) is 54.6 Å². The lowest BCUT2D eigenvalue weighted by Crippen LogP contribution is -2.52. The number of benzene rings is 2. The van der Waals surface area contributed by atoms with Crippen LogP contribution >= 0.6 is 0 Å². The highest BCUT2D eigenvalue weighted by Crippen LogP contribution is 2.17. The molecule has 0 saturated carbocycles. The largest absolute Gasteiger partial charge is 0.494 e. The van der Waals surface area contributed by atoms with Crippen molar-refractivity contribution >= 4 is 11.6 Å². The number of hydrogen-bond donors (Lipinski definition) is 1. The lowest BCUT2D eigenvalue weighted by atomic mass is 10.1. The molecule has 2 aromatic rings. The third kappa shape index (κ3) is 5.55. The van der Waals surface area contributed by atoms with Crippen molar-refractivity contribution in [3.05, 3.63) is 60.2 Å². The van der Waals surface area contributed by atoms with Crippen LogP contribution < -0.4 is 10.1 Å². The Bertz CT molecular complexity index is 710. The predicted molar refractivity (Wildman–Crippen MR) is 109 cm³/mol. The number of carbonyl (C=O) groups excluding carboxylic acids is 1. The first kappa shape index (κ1) is 19.4. The maximum absolute atomic E-state index is 12.6. The van der Waals surface area contributed by atoms with Crippen molar-refractivity contribution in [3.8, 4) is 5.75 Å². The molecule has 0 spiro atoms. The summed E-state index contributed by atoms with van der Waals surface area (Å²) in [6.45, 7) is 9.33. The number of rotatable bonds is 7. The van der Waals surface area contributed by atoms with Crippen molar-refractivity contribution in [3.63, 3.8) is 0 Å². The van der Waals surface area contributed by atoms with Crippen LogP contribution in [0.1, 0.15) is 19.4 Å². The summed E-state index contributed by atoms with van der Waals surface area (Å²) in [4.78, 5) is 17.3. The number of hydrogen-bond acceptors (Lipinski definition) is 4. The highest BCUT2D eigenvalue weighted by atomic mass is 16.5. The maximum atomic E-state index is 12.6. The topological polar surface area (TPSA) is 44.8 Å². The Morgan fingerprint density at radius 2 is 1.70 bits per heavy atom. The maximum Gasteiger partial charge on any atom is 0.241 e.